The van der Waals surface area contributed by atoms with Gasteiger partial charge in [-0.05, 0) is 101 Å². The molecule has 1 atom stereocenters. The summed E-state index contributed by atoms with van der Waals surface area (Å²) in [7, 11) is 1.92. The average Bonchev–Trinajstić information content (AvgIpc) is 3.55. The van der Waals surface area contributed by atoms with E-state index in [2.05, 4.69) is 16.5 Å². The zero-order chi connectivity index (χ0) is 35.6. The Morgan fingerprint density at radius 3 is 2.40 bits per heavy atom. The molecule has 3 aromatic carbocycles. The number of anilines is 1. The topological polar surface area (TPSA) is 102 Å². The molecule has 0 spiro atoms. The molecule has 1 aliphatic rings. The number of nitrogens with zero attached hydrogens (tertiary/aromatic N) is 5. The lowest BCUT2D eigenvalue weighted by Gasteiger charge is -2.34. The molecule has 11 heteroatoms. The van der Waals surface area contributed by atoms with Crippen molar-refractivity contribution in [1.82, 2.24) is 19.3 Å². The lowest BCUT2D eigenvalue weighted by Crippen LogP contribution is -2.42. The number of pyridine rings is 1. The van der Waals surface area contributed by atoms with Gasteiger partial charge in [-0.3, -0.25) is 9.48 Å². The van der Waals surface area contributed by atoms with Gasteiger partial charge in [0, 0.05) is 57.9 Å². The van der Waals surface area contributed by atoms with Crippen LogP contribution in [0.2, 0.25) is 10.0 Å². The molecule has 50 heavy (non-hydrogen) atoms. The molecule has 9 nitrogen and oxygen atoms in total. The van der Waals surface area contributed by atoms with Crippen LogP contribution in [0.3, 0.4) is 0 Å². The first-order valence-electron chi connectivity index (χ1n) is 16.6. The number of fused-ring (bicyclic) bond motifs is 4. The number of carbonyl (C=O) groups excluding carboxylic acids is 1. The monoisotopic (exact) mass is 709 g/mol. The van der Waals surface area contributed by atoms with Gasteiger partial charge >= 0.3 is 5.97 Å². The number of carboxylic acid groups (broad SMARTS) is 1. The number of aryl methyl sites for hydroxylation is 5. The number of aromatic carboxylic acids is 1. The van der Waals surface area contributed by atoms with E-state index in [1.165, 1.54) is 6.07 Å². The normalized spacial score (nSPS) is 14.5. The molecule has 4 heterocycles. The quantitative estimate of drug-likeness (QED) is 0.158. The fraction of sp³-hybridized carbons (Fsp3) is 0.282. The minimum absolute atomic E-state index is 0.0491. The number of ether oxygens (including phenoxy) is 1. The second kappa shape index (κ2) is 12.8. The van der Waals surface area contributed by atoms with E-state index < -0.39 is 5.97 Å². The van der Waals surface area contributed by atoms with Crippen LogP contribution in [0.4, 0.5) is 5.69 Å². The van der Waals surface area contributed by atoms with Crippen molar-refractivity contribution in [2.75, 3.05) is 18.1 Å². The fourth-order valence-electron chi connectivity index (χ4n) is 7.34. The first-order valence-corrected chi connectivity index (χ1v) is 17.3. The predicted molar refractivity (Wildman–Crippen MR) is 198 cm³/mol. The molecule has 0 bridgehead atoms. The predicted octanol–water partition coefficient (Wildman–Crippen LogP) is 9.06. The second-order valence-corrected chi connectivity index (χ2v) is 13.9. The highest BCUT2D eigenvalue weighted by Gasteiger charge is 2.37. The van der Waals surface area contributed by atoms with Gasteiger partial charge in [-0.25, -0.2) is 9.78 Å². The Labute approximate surface area is 300 Å². The summed E-state index contributed by atoms with van der Waals surface area (Å²) in [5, 5.41) is 17.3. The van der Waals surface area contributed by atoms with Crippen LogP contribution in [0.5, 0.6) is 5.75 Å². The Kier molecular flexibility index (Phi) is 8.60. The number of rotatable bonds is 8. The van der Waals surface area contributed by atoms with Crippen LogP contribution < -0.4 is 9.64 Å². The smallest absolute Gasteiger partial charge is 0.354 e. The van der Waals surface area contributed by atoms with Gasteiger partial charge in [-0.1, -0.05) is 41.4 Å². The van der Waals surface area contributed by atoms with Crippen molar-refractivity contribution >= 4 is 62.6 Å². The number of benzene rings is 3. The summed E-state index contributed by atoms with van der Waals surface area (Å²) in [4.78, 5) is 32.6. The molecule has 1 aliphatic heterocycles. The first kappa shape index (κ1) is 33.6. The van der Waals surface area contributed by atoms with Crippen LogP contribution in [0.25, 0.3) is 32.9 Å². The lowest BCUT2D eigenvalue weighted by molar-refractivity contribution is 0.0690. The highest BCUT2D eigenvalue weighted by molar-refractivity contribution is 6.35. The summed E-state index contributed by atoms with van der Waals surface area (Å²) in [6.45, 7) is 10.9. The van der Waals surface area contributed by atoms with E-state index >= 15 is 0 Å². The standard InChI is InChI=1S/C39H37Cl2N5O4/c1-20-16-27(17-21(2)35(20)41)50-15-7-8-28-29-12-13-30(40)34(33-23(4)43-44(6)24(33)5)36(29)46-22(3)19-45(38(47)37(28)46)26-11-9-25-10-14-31(39(48)49)42-32(25)18-26/h9-14,16-18,22H,7-8,15,19H2,1-6H3,(H,48,49)/t22-/m1/s1. The number of hydrogen-bond donors (Lipinski definition) is 1. The van der Waals surface area contributed by atoms with Gasteiger partial charge in [0.15, 0.2) is 0 Å². The molecule has 7 rings (SSSR count). The minimum Gasteiger partial charge on any atom is -0.494 e. The van der Waals surface area contributed by atoms with Gasteiger partial charge in [-0.2, -0.15) is 5.10 Å². The first-order chi connectivity index (χ1) is 23.8. The maximum absolute atomic E-state index is 14.8. The largest absolute Gasteiger partial charge is 0.494 e. The number of amides is 1. The third-order valence-electron chi connectivity index (χ3n) is 9.77. The number of halogens is 2. The van der Waals surface area contributed by atoms with Crippen molar-refractivity contribution in [3.05, 3.63) is 104 Å². The van der Waals surface area contributed by atoms with Crippen LogP contribution in [0, 0.1) is 27.7 Å². The van der Waals surface area contributed by atoms with Crippen molar-refractivity contribution in [3.8, 4) is 16.9 Å². The second-order valence-electron chi connectivity index (χ2n) is 13.2. The molecule has 1 amide bonds. The van der Waals surface area contributed by atoms with Gasteiger partial charge in [0.2, 0.25) is 0 Å². The summed E-state index contributed by atoms with van der Waals surface area (Å²) in [6.07, 6.45) is 1.25. The van der Waals surface area contributed by atoms with Crippen molar-refractivity contribution in [2.24, 2.45) is 7.05 Å². The molecular formula is C39H37Cl2N5O4. The molecule has 3 aromatic heterocycles. The summed E-state index contributed by atoms with van der Waals surface area (Å²) in [6, 6.07) is 16.5. The van der Waals surface area contributed by atoms with E-state index in [-0.39, 0.29) is 17.6 Å². The highest BCUT2D eigenvalue weighted by Crippen LogP contribution is 2.45. The van der Waals surface area contributed by atoms with E-state index in [9.17, 15) is 14.7 Å². The Morgan fingerprint density at radius 2 is 1.72 bits per heavy atom. The van der Waals surface area contributed by atoms with Gasteiger partial charge in [-0.15, -0.1) is 0 Å². The van der Waals surface area contributed by atoms with E-state index in [1.54, 1.807) is 17.0 Å². The zero-order valence-corrected chi connectivity index (χ0v) is 30.3. The van der Waals surface area contributed by atoms with Crippen molar-refractivity contribution in [1.29, 1.82) is 0 Å². The SMILES string of the molecule is Cc1cc(OCCCc2c3n(c4c(-c5c(C)nn(C)c5C)c(Cl)ccc24)[C@H](C)CN(c2ccc4ccc(C(=O)O)nc4c2)C3=O)cc(C)c1Cl. The van der Waals surface area contributed by atoms with Gasteiger partial charge in [0.25, 0.3) is 5.91 Å². The summed E-state index contributed by atoms with van der Waals surface area (Å²) in [5.74, 6) is -0.487. The molecule has 0 fully saturated rings. The maximum Gasteiger partial charge on any atom is 0.354 e. The number of carbonyl (C=O) groups is 2. The van der Waals surface area contributed by atoms with Crippen molar-refractivity contribution in [3.63, 3.8) is 0 Å². The third-order valence-corrected chi connectivity index (χ3v) is 10.7. The van der Waals surface area contributed by atoms with E-state index in [0.717, 1.165) is 66.3 Å². The van der Waals surface area contributed by atoms with Gasteiger partial charge < -0.3 is 19.3 Å². The van der Waals surface area contributed by atoms with E-state index in [1.807, 2.05) is 75.8 Å². The third kappa shape index (κ3) is 5.58. The van der Waals surface area contributed by atoms with E-state index in [4.69, 9.17) is 33.0 Å². The lowest BCUT2D eigenvalue weighted by atomic mass is 9.98. The van der Waals surface area contributed by atoms with Crippen molar-refractivity contribution < 1.29 is 19.4 Å². The molecule has 256 valence electrons. The minimum atomic E-state index is -1.10. The van der Waals surface area contributed by atoms with Crippen LogP contribution in [-0.2, 0) is 13.5 Å². The van der Waals surface area contributed by atoms with Gasteiger partial charge in [0.1, 0.15) is 17.1 Å². The number of aromatic nitrogens is 4. The van der Waals surface area contributed by atoms with E-state index in [0.29, 0.717) is 47.9 Å². The Bertz CT molecular complexity index is 2350. The maximum atomic E-state index is 14.8. The molecule has 0 saturated carbocycles. The molecular weight excluding hydrogens is 673 g/mol. The molecule has 0 aliphatic carbocycles. The fourth-order valence-corrected chi connectivity index (χ4v) is 7.70. The summed E-state index contributed by atoms with van der Waals surface area (Å²) < 4.78 is 10.2. The van der Waals surface area contributed by atoms with Gasteiger partial charge in [0.05, 0.1) is 28.4 Å². The molecule has 6 aromatic rings. The van der Waals surface area contributed by atoms with Crippen LogP contribution in [0.15, 0.2) is 54.6 Å². The molecule has 0 radical (unpaired) electrons. The molecule has 0 unspecified atom stereocenters. The Hall–Kier alpha value is -4.86. The van der Waals surface area contributed by atoms with Crippen molar-refractivity contribution in [2.45, 2.75) is 53.5 Å². The summed E-state index contributed by atoms with van der Waals surface area (Å²) in [5.41, 5.74) is 9.16. The Morgan fingerprint density at radius 1 is 1.00 bits per heavy atom. The number of carboxylic acids is 1. The number of hydrogen-bond acceptors (Lipinski definition) is 5. The highest BCUT2D eigenvalue weighted by atomic mass is 35.5. The molecule has 1 N–H and O–H groups in total. The van der Waals surface area contributed by atoms with Crippen LogP contribution in [0.1, 0.15) is 68.4 Å². The van der Waals surface area contributed by atoms with Crippen LogP contribution in [-0.4, -0.2) is 49.5 Å². The molecule has 0 saturated heterocycles. The Balaban J connectivity index is 1.35. The summed E-state index contributed by atoms with van der Waals surface area (Å²) >= 11 is 13.4. The average molecular weight is 711 g/mol. The zero-order valence-electron chi connectivity index (χ0n) is 28.8. The van der Waals surface area contributed by atoms with Crippen LogP contribution >= 0.6 is 23.2 Å².